The van der Waals surface area contributed by atoms with E-state index in [2.05, 4.69) is 36.2 Å². The summed E-state index contributed by atoms with van der Waals surface area (Å²) >= 11 is 0. The van der Waals surface area contributed by atoms with Crippen molar-refractivity contribution >= 4 is 0 Å². The molecule has 26 heavy (non-hydrogen) atoms. The third kappa shape index (κ3) is 5.79. The average molecular weight is 368 g/mol. The van der Waals surface area contributed by atoms with Crippen LogP contribution < -0.4 is 4.74 Å². The van der Waals surface area contributed by atoms with Gasteiger partial charge in [-0.05, 0) is 68.2 Å². The van der Waals surface area contributed by atoms with Crippen molar-refractivity contribution in [1.29, 1.82) is 0 Å². The molecular formula is C21H24F4O. The van der Waals surface area contributed by atoms with Crippen molar-refractivity contribution in [3.05, 3.63) is 42.5 Å². The van der Waals surface area contributed by atoms with Crippen LogP contribution in [0.25, 0.3) is 0 Å². The quantitative estimate of drug-likeness (QED) is 0.337. The van der Waals surface area contributed by atoms with Crippen molar-refractivity contribution in [2.75, 3.05) is 0 Å². The summed E-state index contributed by atoms with van der Waals surface area (Å²) in [6.45, 7) is 6.10. The lowest BCUT2D eigenvalue weighted by Gasteiger charge is -2.30. The number of allylic oxidation sites excluding steroid dienone is 1. The van der Waals surface area contributed by atoms with Crippen LogP contribution in [0.4, 0.5) is 17.6 Å². The van der Waals surface area contributed by atoms with Gasteiger partial charge in [0.15, 0.2) is 0 Å². The van der Waals surface area contributed by atoms with Crippen LogP contribution in [0.1, 0.15) is 44.6 Å². The highest BCUT2D eigenvalue weighted by molar-refractivity contribution is 5.38. The Morgan fingerprint density at radius 1 is 1.19 bits per heavy atom. The van der Waals surface area contributed by atoms with Crippen LogP contribution in [0, 0.1) is 29.6 Å². The first-order valence-electron chi connectivity index (χ1n) is 8.95. The summed E-state index contributed by atoms with van der Waals surface area (Å²) in [4.78, 5) is 0. The molecule has 0 aromatic heterocycles. The van der Waals surface area contributed by atoms with Crippen LogP contribution >= 0.6 is 0 Å². The van der Waals surface area contributed by atoms with Gasteiger partial charge in [-0.1, -0.05) is 24.8 Å². The maximum atomic E-state index is 12.8. The zero-order valence-electron chi connectivity index (χ0n) is 14.9. The van der Waals surface area contributed by atoms with Crippen molar-refractivity contribution in [3.8, 4) is 17.6 Å². The molecule has 0 aliphatic heterocycles. The number of hydrogen-bond acceptors (Lipinski definition) is 1. The zero-order valence-corrected chi connectivity index (χ0v) is 14.9. The average Bonchev–Trinajstić information content (AvgIpc) is 2.62. The van der Waals surface area contributed by atoms with Crippen LogP contribution in [-0.2, 0) is 0 Å². The minimum Gasteiger partial charge on any atom is -0.452 e. The normalized spacial score (nSPS) is 22.7. The predicted octanol–water partition coefficient (Wildman–Crippen LogP) is 6.29. The van der Waals surface area contributed by atoms with E-state index in [0.29, 0.717) is 23.3 Å². The second kappa shape index (κ2) is 9.12. The van der Waals surface area contributed by atoms with Crippen molar-refractivity contribution in [3.63, 3.8) is 0 Å². The largest absolute Gasteiger partial charge is 0.457 e. The highest BCUT2D eigenvalue weighted by Gasteiger charge is 2.42. The Balaban J connectivity index is 1.88. The van der Waals surface area contributed by atoms with Crippen LogP contribution in [0.5, 0.6) is 5.75 Å². The molecule has 1 fully saturated rings. The second-order valence-corrected chi connectivity index (χ2v) is 6.69. The molecule has 1 nitrogen and oxygen atoms in total. The summed E-state index contributed by atoms with van der Waals surface area (Å²) in [6, 6.07) is 5.69. The molecule has 5 heteroatoms. The van der Waals surface area contributed by atoms with Gasteiger partial charge in [-0.25, -0.2) is 0 Å². The molecule has 1 saturated carbocycles. The third-order valence-corrected chi connectivity index (χ3v) is 4.92. The molecule has 0 amide bonds. The summed E-state index contributed by atoms with van der Waals surface area (Å²) in [5.41, 5.74) is 0.680. The van der Waals surface area contributed by atoms with Gasteiger partial charge >= 0.3 is 12.5 Å². The molecule has 2 rings (SSSR count). The number of benzene rings is 1. The van der Waals surface area contributed by atoms with E-state index in [4.69, 9.17) is 0 Å². The maximum absolute atomic E-state index is 12.8. The smallest absolute Gasteiger partial charge is 0.452 e. The molecule has 0 heterocycles. The van der Waals surface area contributed by atoms with Crippen LogP contribution in [0.3, 0.4) is 0 Å². The zero-order chi connectivity index (χ0) is 19.2. The molecule has 0 radical (unpaired) electrons. The Kier molecular flexibility index (Phi) is 7.14. The van der Waals surface area contributed by atoms with Gasteiger partial charge in [0.05, 0.1) is 0 Å². The van der Waals surface area contributed by atoms with Gasteiger partial charge < -0.3 is 4.74 Å². The molecule has 2 unspecified atom stereocenters. The first kappa shape index (κ1) is 20.4. The molecule has 1 aromatic carbocycles. The minimum absolute atomic E-state index is 0.170. The topological polar surface area (TPSA) is 9.23 Å². The van der Waals surface area contributed by atoms with E-state index < -0.39 is 12.5 Å². The SMILES string of the molecule is C=CC(CC)[C@H]1CC[C@H](C#Cc2ccc(OC(F)C(F)(F)F)cc2)CC1. The van der Waals surface area contributed by atoms with Gasteiger partial charge in [-0.3, -0.25) is 0 Å². The summed E-state index contributed by atoms with van der Waals surface area (Å²) in [6.07, 6.45) is -0.778. The van der Waals surface area contributed by atoms with E-state index in [1.807, 2.05) is 0 Å². The molecule has 142 valence electrons. The van der Waals surface area contributed by atoms with Gasteiger partial charge in [0.1, 0.15) is 5.75 Å². The summed E-state index contributed by atoms with van der Waals surface area (Å²) < 4.78 is 53.5. The molecule has 0 bridgehead atoms. The lowest BCUT2D eigenvalue weighted by Crippen LogP contribution is -2.29. The monoisotopic (exact) mass is 368 g/mol. The number of hydrogen-bond donors (Lipinski definition) is 0. The number of halogens is 4. The molecule has 0 spiro atoms. The van der Waals surface area contributed by atoms with Gasteiger partial charge in [0, 0.05) is 11.5 Å². The first-order valence-corrected chi connectivity index (χ1v) is 8.95. The van der Waals surface area contributed by atoms with Gasteiger partial charge in [-0.2, -0.15) is 17.6 Å². The Labute approximate surface area is 152 Å². The maximum Gasteiger partial charge on any atom is 0.457 e. The Bertz CT molecular complexity index is 631. The van der Waals surface area contributed by atoms with E-state index in [1.54, 1.807) is 12.1 Å². The van der Waals surface area contributed by atoms with Gasteiger partial charge in [0.25, 0.3) is 0 Å². The molecule has 2 atom stereocenters. The van der Waals surface area contributed by atoms with E-state index >= 15 is 0 Å². The fourth-order valence-corrected chi connectivity index (χ4v) is 3.37. The fourth-order valence-electron chi connectivity index (χ4n) is 3.37. The molecular weight excluding hydrogens is 344 g/mol. The highest BCUT2D eigenvalue weighted by Crippen LogP contribution is 2.35. The minimum atomic E-state index is -5.03. The van der Waals surface area contributed by atoms with Crippen molar-refractivity contribution < 1.29 is 22.3 Å². The lowest BCUT2D eigenvalue weighted by molar-refractivity contribution is -0.236. The predicted molar refractivity (Wildman–Crippen MR) is 94.3 cm³/mol. The fraction of sp³-hybridized carbons (Fsp3) is 0.524. The Morgan fingerprint density at radius 2 is 1.81 bits per heavy atom. The highest BCUT2D eigenvalue weighted by atomic mass is 19.4. The Morgan fingerprint density at radius 3 is 2.31 bits per heavy atom. The second-order valence-electron chi connectivity index (χ2n) is 6.69. The molecule has 1 aliphatic rings. The van der Waals surface area contributed by atoms with Crippen LogP contribution in [0.15, 0.2) is 36.9 Å². The van der Waals surface area contributed by atoms with Gasteiger partial charge in [0.2, 0.25) is 0 Å². The standard InChI is InChI=1S/C21H24F4O/c1-3-17(4-2)18-11-7-15(8-12-18)5-6-16-9-13-19(14-10-16)26-20(22)21(23,24)25/h3,9-10,13-15,17-18,20H,1,4,7-8,11-12H2,2H3/t15-,17?,18-,20?. The van der Waals surface area contributed by atoms with E-state index in [0.717, 1.165) is 32.1 Å². The summed E-state index contributed by atoms with van der Waals surface area (Å²) in [7, 11) is 0. The number of rotatable bonds is 5. The van der Waals surface area contributed by atoms with Crippen molar-refractivity contribution in [2.24, 2.45) is 17.8 Å². The van der Waals surface area contributed by atoms with E-state index in [-0.39, 0.29) is 5.75 Å². The van der Waals surface area contributed by atoms with Crippen LogP contribution in [-0.4, -0.2) is 12.5 Å². The van der Waals surface area contributed by atoms with Gasteiger partial charge in [-0.15, -0.1) is 6.58 Å². The molecule has 0 N–H and O–H groups in total. The van der Waals surface area contributed by atoms with Crippen molar-refractivity contribution in [2.45, 2.75) is 51.6 Å². The molecule has 0 saturated heterocycles. The Hall–Kier alpha value is -1.96. The van der Waals surface area contributed by atoms with Crippen molar-refractivity contribution in [1.82, 2.24) is 0 Å². The summed E-state index contributed by atoms with van der Waals surface area (Å²) in [5.74, 6) is 7.74. The summed E-state index contributed by atoms with van der Waals surface area (Å²) in [5, 5.41) is 0. The number of alkyl halides is 4. The first-order chi connectivity index (χ1) is 12.3. The van der Waals surface area contributed by atoms with Crippen LogP contribution in [0.2, 0.25) is 0 Å². The number of ether oxygens (including phenoxy) is 1. The molecule has 1 aliphatic carbocycles. The lowest BCUT2D eigenvalue weighted by atomic mass is 9.75. The van der Waals surface area contributed by atoms with E-state index in [9.17, 15) is 17.6 Å². The van der Waals surface area contributed by atoms with E-state index in [1.165, 1.54) is 12.1 Å². The molecule has 1 aromatic rings. The third-order valence-electron chi connectivity index (χ3n) is 4.92.